The van der Waals surface area contributed by atoms with Crippen molar-refractivity contribution < 1.29 is 0 Å². The van der Waals surface area contributed by atoms with Gasteiger partial charge in [-0.3, -0.25) is 9.69 Å². The second-order valence-corrected chi connectivity index (χ2v) is 6.76. The van der Waals surface area contributed by atoms with Crippen LogP contribution in [0.1, 0.15) is 38.8 Å². The van der Waals surface area contributed by atoms with Crippen LogP contribution in [-0.4, -0.2) is 27.8 Å². The number of aromatic nitrogens is 2. The van der Waals surface area contributed by atoms with Crippen LogP contribution in [0.15, 0.2) is 35.1 Å². The lowest BCUT2D eigenvalue weighted by atomic mass is 10.1. The summed E-state index contributed by atoms with van der Waals surface area (Å²) in [6.07, 6.45) is 0. The zero-order chi connectivity index (χ0) is 17.7. The van der Waals surface area contributed by atoms with Gasteiger partial charge in [0.05, 0.1) is 5.69 Å². The monoisotopic (exact) mass is 327 g/mol. The van der Waals surface area contributed by atoms with E-state index >= 15 is 0 Å². The molecule has 0 bridgehead atoms. The molecular weight excluding hydrogens is 298 g/mol. The van der Waals surface area contributed by atoms with Crippen LogP contribution in [0.5, 0.6) is 0 Å². The van der Waals surface area contributed by atoms with Crippen molar-refractivity contribution in [3.05, 3.63) is 51.8 Å². The van der Waals surface area contributed by atoms with E-state index < -0.39 is 0 Å². The molecule has 1 aromatic carbocycles. The first kappa shape index (κ1) is 18.4. The maximum atomic E-state index is 12.8. The molecule has 0 unspecified atom stereocenters. The molecule has 2 aromatic rings. The third kappa shape index (κ3) is 4.54. The lowest BCUT2D eigenvalue weighted by molar-refractivity contribution is 0.292. The maximum absolute atomic E-state index is 12.8. The minimum Gasteiger partial charge on any atom is -0.299 e. The Labute approximate surface area is 145 Å². The summed E-state index contributed by atoms with van der Waals surface area (Å²) in [6.45, 7) is 13.7. The summed E-state index contributed by atoms with van der Waals surface area (Å²) in [7, 11) is 0. The molecule has 1 heterocycles. The Morgan fingerprint density at radius 2 is 1.75 bits per heavy atom. The van der Waals surface area contributed by atoms with Crippen LogP contribution >= 0.6 is 0 Å². The summed E-state index contributed by atoms with van der Waals surface area (Å²) < 4.78 is 1.64. The lowest BCUT2D eigenvalue weighted by Crippen LogP contribution is -2.32. The van der Waals surface area contributed by atoms with Crippen molar-refractivity contribution in [3.63, 3.8) is 0 Å². The van der Waals surface area contributed by atoms with Gasteiger partial charge < -0.3 is 0 Å². The molecule has 0 spiro atoms. The van der Waals surface area contributed by atoms with Crippen molar-refractivity contribution in [1.82, 2.24) is 14.7 Å². The maximum Gasteiger partial charge on any atom is 0.271 e. The molecule has 0 aliphatic rings. The molecule has 4 nitrogen and oxygen atoms in total. The van der Waals surface area contributed by atoms with Gasteiger partial charge in [-0.05, 0) is 32.0 Å². The smallest absolute Gasteiger partial charge is 0.271 e. The average Bonchev–Trinajstić information content (AvgIpc) is 2.56. The summed E-state index contributed by atoms with van der Waals surface area (Å²) in [5.41, 5.74) is 4.00. The van der Waals surface area contributed by atoms with Gasteiger partial charge in [0, 0.05) is 24.2 Å². The Morgan fingerprint density at radius 1 is 1.12 bits per heavy atom. The first-order valence-electron chi connectivity index (χ1n) is 8.85. The van der Waals surface area contributed by atoms with E-state index in [9.17, 15) is 4.79 Å². The van der Waals surface area contributed by atoms with E-state index in [1.807, 2.05) is 6.07 Å². The highest BCUT2D eigenvalue weighted by atomic mass is 16.1. The van der Waals surface area contributed by atoms with Gasteiger partial charge in [0.1, 0.15) is 0 Å². The average molecular weight is 327 g/mol. The van der Waals surface area contributed by atoms with E-state index in [0.29, 0.717) is 19.0 Å². The predicted octanol–water partition coefficient (Wildman–Crippen LogP) is 3.72. The first-order valence-corrected chi connectivity index (χ1v) is 8.85. The number of nitrogens with zero attached hydrogens (tertiary/aromatic N) is 3. The molecule has 1 aromatic heterocycles. The van der Waals surface area contributed by atoms with Crippen molar-refractivity contribution in [3.8, 4) is 11.3 Å². The van der Waals surface area contributed by atoms with Crippen LogP contribution in [0.25, 0.3) is 11.3 Å². The second-order valence-electron chi connectivity index (χ2n) is 6.76. The van der Waals surface area contributed by atoms with Gasteiger partial charge in [0.25, 0.3) is 5.56 Å². The molecule has 2 rings (SSSR count). The zero-order valence-corrected chi connectivity index (χ0v) is 15.5. The van der Waals surface area contributed by atoms with Crippen LogP contribution in [0.3, 0.4) is 0 Å². The highest BCUT2D eigenvalue weighted by Crippen LogP contribution is 2.18. The van der Waals surface area contributed by atoms with Crippen LogP contribution in [0, 0.1) is 12.8 Å². The second kappa shape index (κ2) is 8.25. The number of rotatable bonds is 7. The number of benzene rings is 1. The van der Waals surface area contributed by atoms with Gasteiger partial charge in [0.2, 0.25) is 0 Å². The largest absolute Gasteiger partial charge is 0.299 e. The van der Waals surface area contributed by atoms with E-state index in [0.717, 1.165) is 29.9 Å². The molecule has 130 valence electrons. The first-order chi connectivity index (χ1) is 11.4. The molecule has 0 fully saturated rings. The minimum absolute atomic E-state index is 0.0338. The molecule has 0 atom stereocenters. The van der Waals surface area contributed by atoms with E-state index in [2.05, 4.69) is 68.9 Å². The molecular formula is C20H29N3O. The third-order valence-electron chi connectivity index (χ3n) is 4.22. The quantitative estimate of drug-likeness (QED) is 0.778. The van der Waals surface area contributed by atoms with Gasteiger partial charge in [0.15, 0.2) is 0 Å². The molecule has 0 aliphatic heterocycles. The summed E-state index contributed by atoms with van der Waals surface area (Å²) in [5.74, 6) is 0.379. The fourth-order valence-corrected chi connectivity index (χ4v) is 2.73. The summed E-state index contributed by atoms with van der Waals surface area (Å²) >= 11 is 0. The normalized spacial score (nSPS) is 11.5. The molecule has 0 radical (unpaired) electrons. The minimum atomic E-state index is 0.0338. The van der Waals surface area contributed by atoms with Gasteiger partial charge in [-0.2, -0.15) is 5.10 Å². The van der Waals surface area contributed by atoms with Gasteiger partial charge in [-0.15, -0.1) is 0 Å². The standard InChI is InChI=1S/C20H29N3O/c1-6-22(7-2)14-18-12-19(17-10-8-16(5)9-11-17)21-23(20(18)24)13-15(3)4/h8-12,15H,6-7,13-14H2,1-5H3. The molecule has 0 N–H and O–H groups in total. The summed E-state index contributed by atoms with van der Waals surface area (Å²) in [4.78, 5) is 15.0. The molecule has 0 saturated heterocycles. The fraction of sp³-hybridized carbons (Fsp3) is 0.500. The zero-order valence-electron chi connectivity index (χ0n) is 15.5. The Bertz CT molecular complexity index is 713. The molecule has 0 saturated carbocycles. The molecule has 4 heteroatoms. The van der Waals surface area contributed by atoms with Gasteiger partial charge in [-0.25, -0.2) is 4.68 Å². The topological polar surface area (TPSA) is 38.1 Å². The van der Waals surface area contributed by atoms with Crippen molar-refractivity contribution in [1.29, 1.82) is 0 Å². The number of hydrogen-bond donors (Lipinski definition) is 0. The van der Waals surface area contributed by atoms with Crippen LogP contribution in [-0.2, 0) is 13.1 Å². The Morgan fingerprint density at radius 3 is 2.29 bits per heavy atom. The molecule has 0 amide bonds. The van der Waals surface area contributed by atoms with E-state index in [-0.39, 0.29) is 5.56 Å². The number of aryl methyl sites for hydroxylation is 1. The lowest BCUT2D eigenvalue weighted by Gasteiger charge is -2.19. The van der Waals surface area contributed by atoms with E-state index in [1.54, 1.807) is 4.68 Å². The van der Waals surface area contributed by atoms with Crippen molar-refractivity contribution in [2.24, 2.45) is 5.92 Å². The third-order valence-corrected chi connectivity index (χ3v) is 4.22. The SMILES string of the molecule is CCN(CC)Cc1cc(-c2ccc(C)cc2)nn(CC(C)C)c1=O. The van der Waals surface area contributed by atoms with E-state index in [1.165, 1.54) is 5.56 Å². The summed E-state index contributed by atoms with van der Waals surface area (Å²) in [5, 5.41) is 4.62. The van der Waals surface area contributed by atoms with E-state index in [4.69, 9.17) is 0 Å². The van der Waals surface area contributed by atoms with Crippen LogP contribution in [0.2, 0.25) is 0 Å². The Hall–Kier alpha value is -1.94. The molecule has 24 heavy (non-hydrogen) atoms. The Balaban J connectivity index is 2.50. The van der Waals surface area contributed by atoms with Crippen molar-refractivity contribution in [2.75, 3.05) is 13.1 Å². The van der Waals surface area contributed by atoms with Crippen molar-refractivity contribution >= 4 is 0 Å². The highest BCUT2D eigenvalue weighted by molar-refractivity contribution is 5.59. The fourth-order valence-electron chi connectivity index (χ4n) is 2.73. The van der Waals surface area contributed by atoms with Crippen LogP contribution < -0.4 is 5.56 Å². The highest BCUT2D eigenvalue weighted by Gasteiger charge is 2.13. The van der Waals surface area contributed by atoms with Crippen LogP contribution in [0.4, 0.5) is 0 Å². The summed E-state index contributed by atoms with van der Waals surface area (Å²) in [6, 6.07) is 10.3. The predicted molar refractivity (Wildman–Crippen MR) is 100 cm³/mol. The number of hydrogen-bond acceptors (Lipinski definition) is 3. The molecule has 0 aliphatic carbocycles. The Kier molecular flexibility index (Phi) is 6.32. The van der Waals surface area contributed by atoms with Gasteiger partial charge in [-0.1, -0.05) is 57.5 Å². The van der Waals surface area contributed by atoms with Gasteiger partial charge >= 0.3 is 0 Å². The van der Waals surface area contributed by atoms with Crippen molar-refractivity contribution in [2.45, 2.75) is 47.7 Å².